The van der Waals surface area contributed by atoms with Crippen LogP contribution >= 0.6 is 11.6 Å². The van der Waals surface area contributed by atoms with Gasteiger partial charge in [0.15, 0.2) is 0 Å². The number of halogens is 1. The summed E-state index contributed by atoms with van der Waals surface area (Å²) in [7, 11) is 0. The zero-order valence-electron chi connectivity index (χ0n) is 18.9. The molecule has 1 amide bonds. The van der Waals surface area contributed by atoms with Crippen LogP contribution in [0.4, 0.5) is 0 Å². The van der Waals surface area contributed by atoms with Gasteiger partial charge in [0.1, 0.15) is 0 Å². The van der Waals surface area contributed by atoms with E-state index in [4.69, 9.17) is 16.7 Å². The van der Waals surface area contributed by atoms with Gasteiger partial charge in [-0.25, -0.2) is 4.68 Å². The van der Waals surface area contributed by atoms with Gasteiger partial charge in [0.25, 0.3) is 0 Å². The van der Waals surface area contributed by atoms with Gasteiger partial charge < -0.3 is 10.4 Å². The van der Waals surface area contributed by atoms with Crippen LogP contribution in [-0.4, -0.2) is 32.9 Å². The van der Waals surface area contributed by atoms with Crippen LogP contribution in [-0.2, 0) is 4.79 Å². The van der Waals surface area contributed by atoms with Gasteiger partial charge in [-0.15, -0.1) is 0 Å². The fraction of sp³-hybridized carbons (Fsp3) is 0.481. The van der Waals surface area contributed by atoms with E-state index < -0.39 is 0 Å². The molecule has 1 unspecified atom stereocenters. The van der Waals surface area contributed by atoms with Crippen LogP contribution in [0.1, 0.15) is 69.4 Å². The molecule has 6 heteroatoms. The molecule has 33 heavy (non-hydrogen) atoms. The normalized spacial score (nSPS) is 22.8. The van der Waals surface area contributed by atoms with E-state index >= 15 is 0 Å². The van der Waals surface area contributed by atoms with Crippen molar-refractivity contribution in [1.29, 1.82) is 0 Å². The smallest absolute Gasteiger partial charge is 0.229 e. The summed E-state index contributed by atoms with van der Waals surface area (Å²) in [5.74, 6) is 0.128. The summed E-state index contributed by atoms with van der Waals surface area (Å²) < 4.78 is 1.96. The third-order valence-electron chi connectivity index (χ3n) is 7.43. The summed E-state index contributed by atoms with van der Waals surface area (Å²) >= 11 is 6.16. The van der Waals surface area contributed by atoms with E-state index in [1.807, 2.05) is 47.1 Å². The fourth-order valence-electron chi connectivity index (χ4n) is 5.67. The molecule has 174 valence electrons. The number of aliphatic hydroxyl groups excluding tert-OH is 1. The Morgan fingerprint density at radius 1 is 0.970 bits per heavy atom. The molecule has 0 saturated heterocycles. The largest absolute Gasteiger partial charge is 0.393 e. The topological polar surface area (TPSA) is 67.2 Å². The average Bonchev–Trinajstić information content (AvgIpc) is 3.21. The van der Waals surface area contributed by atoms with E-state index in [1.165, 1.54) is 6.42 Å². The van der Waals surface area contributed by atoms with Gasteiger partial charge in [-0.3, -0.25) is 4.79 Å². The number of hydrogen-bond acceptors (Lipinski definition) is 3. The number of aliphatic hydroxyl groups is 1. The van der Waals surface area contributed by atoms with Crippen molar-refractivity contribution in [3.63, 3.8) is 0 Å². The Labute approximate surface area is 200 Å². The molecular formula is C27H32ClN3O2. The molecule has 1 atom stereocenters. The Morgan fingerprint density at radius 3 is 2.39 bits per heavy atom. The lowest BCUT2D eigenvalue weighted by Crippen LogP contribution is -2.43. The van der Waals surface area contributed by atoms with Gasteiger partial charge in [0.2, 0.25) is 5.91 Å². The molecule has 2 aromatic carbocycles. The molecule has 2 saturated carbocycles. The molecule has 0 radical (unpaired) electrons. The first-order valence-electron chi connectivity index (χ1n) is 12.3. The second-order valence-electron chi connectivity index (χ2n) is 9.68. The number of hydrogen-bond donors (Lipinski definition) is 2. The third-order valence-corrected chi connectivity index (χ3v) is 7.68. The second-order valence-corrected chi connectivity index (χ2v) is 10.1. The van der Waals surface area contributed by atoms with Gasteiger partial charge in [-0.2, -0.15) is 5.10 Å². The molecule has 2 aliphatic rings. The first-order valence-corrected chi connectivity index (χ1v) is 12.7. The van der Waals surface area contributed by atoms with Gasteiger partial charge in [-0.1, -0.05) is 49.1 Å². The second kappa shape index (κ2) is 9.86. The summed E-state index contributed by atoms with van der Waals surface area (Å²) in [6.45, 7) is 0. The van der Waals surface area contributed by atoms with E-state index in [1.54, 1.807) is 0 Å². The van der Waals surface area contributed by atoms with Crippen molar-refractivity contribution in [3.8, 4) is 5.69 Å². The molecule has 3 aromatic rings. The van der Waals surface area contributed by atoms with Crippen molar-refractivity contribution >= 4 is 28.4 Å². The molecule has 1 heterocycles. The minimum Gasteiger partial charge on any atom is -0.393 e. The SMILES string of the molecule is O=C(N[C@H]1CC[C@H](O)CC1)C(c1c2ccccc2nn1-c1ccc(Cl)cc1)C1CCCCC1. The monoisotopic (exact) mass is 465 g/mol. The maximum Gasteiger partial charge on any atom is 0.229 e. The molecular weight excluding hydrogens is 434 g/mol. The summed E-state index contributed by atoms with van der Waals surface area (Å²) in [6, 6.07) is 15.9. The number of rotatable bonds is 5. The number of aromatic nitrogens is 2. The Bertz CT molecular complexity index is 1100. The van der Waals surface area contributed by atoms with E-state index in [0.717, 1.165) is 73.7 Å². The predicted molar refractivity (Wildman–Crippen MR) is 132 cm³/mol. The molecule has 0 spiro atoms. The van der Waals surface area contributed by atoms with E-state index in [0.29, 0.717) is 10.9 Å². The Hall–Kier alpha value is -2.37. The van der Waals surface area contributed by atoms with Crippen molar-refractivity contribution < 1.29 is 9.90 Å². The Morgan fingerprint density at radius 2 is 1.67 bits per heavy atom. The van der Waals surface area contributed by atoms with Crippen LogP contribution in [0.15, 0.2) is 48.5 Å². The highest BCUT2D eigenvalue weighted by atomic mass is 35.5. The highest BCUT2D eigenvalue weighted by molar-refractivity contribution is 6.30. The van der Waals surface area contributed by atoms with Gasteiger partial charge in [0.05, 0.1) is 28.9 Å². The van der Waals surface area contributed by atoms with Crippen molar-refractivity contribution in [1.82, 2.24) is 15.1 Å². The van der Waals surface area contributed by atoms with Crippen LogP contribution in [0.2, 0.25) is 5.02 Å². The van der Waals surface area contributed by atoms with Gasteiger partial charge in [0, 0.05) is 16.5 Å². The standard InChI is InChI=1S/C27H32ClN3O2/c28-19-10-14-21(15-11-19)31-26(23-8-4-5-9-24(23)30-31)25(18-6-2-1-3-7-18)27(33)29-20-12-16-22(32)17-13-20/h4-5,8-11,14-15,18,20,22,25,32H,1-3,6-7,12-13,16-17H2,(H,29,33)/t20-,22-,25?. The predicted octanol–water partition coefficient (Wildman–Crippen LogP) is 5.76. The van der Waals surface area contributed by atoms with Gasteiger partial charge in [-0.05, 0) is 74.8 Å². The number of carbonyl (C=O) groups excluding carboxylic acids is 1. The molecule has 0 aliphatic heterocycles. The quantitative estimate of drug-likeness (QED) is 0.503. The minimum absolute atomic E-state index is 0.101. The number of fused-ring (bicyclic) bond motifs is 1. The molecule has 2 fully saturated rings. The average molecular weight is 466 g/mol. The van der Waals surface area contributed by atoms with E-state index in [9.17, 15) is 9.90 Å². The molecule has 5 nitrogen and oxygen atoms in total. The highest BCUT2D eigenvalue weighted by Crippen LogP contribution is 2.40. The lowest BCUT2D eigenvalue weighted by atomic mass is 9.77. The van der Waals surface area contributed by atoms with E-state index in [2.05, 4.69) is 11.4 Å². The number of benzene rings is 2. The number of amides is 1. The number of carbonyl (C=O) groups is 1. The minimum atomic E-state index is -0.264. The maximum absolute atomic E-state index is 13.9. The van der Waals surface area contributed by atoms with Crippen LogP contribution in [0.3, 0.4) is 0 Å². The lowest BCUT2D eigenvalue weighted by Gasteiger charge is -2.33. The van der Waals surface area contributed by atoms with Crippen LogP contribution in [0.25, 0.3) is 16.6 Å². The zero-order valence-corrected chi connectivity index (χ0v) is 19.7. The Balaban J connectivity index is 1.58. The first kappa shape index (κ1) is 22.4. The van der Waals surface area contributed by atoms with Crippen molar-refractivity contribution in [2.45, 2.75) is 75.9 Å². The van der Waals surface area contributed by atoms with Crippen molar-refractivity contribution in [3.05, 3.63) is 59.2 Å². The summed E-state index contributed by atoms with van der Waals surface area (Å²) in [6.07, 6.45) is 8.63. The van der Waals surface area contributed by atoms with Gasteiger partial charge >= 0.3 is 0 Å². The molecule has 2 aliphatic carbocycles. The molecule has 0 bridgehead atoms. The summed E-state index contributed by atoms with van der Waals surface area (Å²) in [4.78, 5) is 13.9. The lowest BCUT2D eigenvalue weighted by molar-refractivity contribution is -0.125. The summed E-state index contributed by atoms with van der Waals surface area (Å²) in [5.41, 5.74) is 2.80. The number of nitrogens with one attached hydrogen (secondary N) is 1. The molecule has 2 N–H and O–H groups in total. The van der Waals surface area contributed by atoms with Crippen molar-refractivity contribution in [2.75, 3.05) is 0 Å². The van der Waals surface area contributed by atoms with Crippen molar-refractivity contribution in [2.24, 2.45) is 5.92 Å². The third kappa shape index (κ3) is 4.80. The molecule has 5 rings (SSSR count). The van der Waals surface area contributed by atoms with Crippen LogP contribution in [0, 0.1) is 5.92 Å². The molecule has 1 aromatic heterocycles. The summed E-state index contributed by atoms with van der Waals surface area (Å²) in [5, 5.41) is 19.9. The van der Waals surface area contributed by atoms with E-state index in [-0.39, 0.29) is 24.0 Å². The number of nitrogens with zero attached hydrogens (tertiary/aromatic N) is 2. The maximum atomic E-state index is 13.9. The first-order chi connectivity index (χ1) is 16.1. The fourth-order valence-corrected chi connectivity index (χ4v) is 5.80. The highest BCUT2D eigenvalue weighted by Gasteiger charge is 2.36. The van der Waals surface area contributed by atoms with Crippen LogP contribution in [0.5, 0.6) is 0 Å². The Kier molecular flexibility index (Phi) is 6.70. The van der Waals surface area contributed by atoms with Crippen LogP contribution < -0.4 is 5.32 Å². The zero-order chi connectivity index (χ0) is 22.8.